The van der Waals surface area contributed by atoms with E-state index in [9.17, 15) is 18.8 Å². The molecule has 2 aromatic rings. The van der Waals surface area contributed by atoms with Gasteiger partial charge in [0.25, 0.3) is 5.56 Å². The maximum absolute atomic E-state index is 14.5. The molecule has 0 aliphatic carbocycles. The number of nitrogens with zero attached hydrogens (tertiary/aromatic N) is 1. The second-order valence-electron chi connectivity index (χ2n) is 6.60. The van der Waals surface area contributed by atoms with E-state index < -0.39 is 17.7 Å². The molecule has 2 heterocycles. The number of amides is 1. The van der Waals surface area contributed by atoms with Crippen molar-refractivity contribution in [2.24, 2.45) is 11.8 Å². The Kier molecular flexibility index (Phi) is 6.56. The number of hydrogen-bond donors (Lipinski definition) is 2. The molecule has 1 amide bonds. The summed E-state index contributed by atoms with van der Waals surface area (Å²) in [6.45, 7) is 2.95. The van der Waals surface area contributed by atoms with Gasteiger partial charge in [0.2, 0.25) is 5.91 Å². The van der Waals surface area contributed by atoms with Crippen LogP contribution < -0.4 is 16.2 Å². The van der Waals surface area contributed by atoms with E-state index in [0.717, 1.165) is 0 Å². The molecule has 0 saturated carbocycles. The number of ether oxygens (including phenoxy) is 1. The minimum atomic E-state index is -0.642. The molecule has 0 radical (unpaired) electrons. The third kappa shape index (κ3) is 4.97. The Labute approximate surface area is 167 Å². The topological polar surface area (TPSA) is 89.4 Å². The van der Waals surface area contributed by atoms with Gasteiger partial charge in [-0.1, -0.05) is 12.1 Å². The normalized spacial score (nSPS) is 18.7. The first-order valence-corrected chi connectivity index (χ1v) is 9.33. The number of esters is 1. The van der Waals surface area contributed by atoms with E-state index in [0.29, 0.717) is 18.8 Å². The Morgan fingerprint density at radius 1 is 1.31 bits per heavy atom. The third-order valence-electron chi connectivity index (χ3n) is 4.68. The zero-order chi connectivity index (χ0) is 20.8. The largest absolute Gasteiger partial charge is 0.463 e. The Morgan fingerprint density at radius 2 is 2.14 bits per heavy atom. The number of hydrogen-bond acceptors (Lipinski definition) is 5. The van der Waals surface area contributed by atoms with E-state index in [1.165, 1.54) is 28.8 Å². The van der Waals surface area contributed by atoms with E-state index in [1.54, 1.807) is 37.4 Å². The van der Waals surface area contributed by atoms with Crippen LogP contribution in [0.4, 0.5) is 10.1 Å². The standard InChI is InChI=1S/C21H22FN3O4/c1-2-29-20(27)9-6-14-12-23-13-16(14)21(28)24-18-8-7-15(11-17(18)22)25-10-4-3-5-19(25)26/h3-11,14,16,23H,2,12-13H2,1H3,(H,24,28)/b9-6+/t14?,16-/m0/s1. The van der Waals surface area contributed by atoms with Crippen molar-refractivity contribution in [2.45, 2.75) is 6.92 Å². The summed E-state index contributed by atoms with van der Waals surface area (Å²) in [5.41, 5.74) is 0.114. The van der Waals surface area contributed by atoms with Crippen LogP contribution in [-0.4, -0.2) is 36.1 Å². The minimum absolute atomic E-state index is 0.0303. The first-order valence-electron chi connectivity index (χ1n) is 9.33. The lowest BCUT2D eigenvalue weighted by Gasteiger charge is -2.16. The molecule has 0 spiro atoms. The van der Waals surface area contributed by atoms with Gasteiger partial charge >= 0.3 is 5.97 Å². The molecular weight excluding hydrogens is 377 g/mol. The van der Waals surface area contributed by atoms with Crippen LogP contribution >= 0.6 is 0 Å². The number of anilines is 1. The molecule has 1 aromatic heterocycles. The summed E-state index contributed by atoms with van der Waals surface area (Å²) in [7, 11) is 0. The van der Waals surface area contributed by atoms with Gasteiger partial charge in [0.05, 0.1) is 23.9 Å². The minimum Gasteiger partial charge on any atom is -0.463 e. The number of aromatic nitrogens is 1. The van der Waals surface area contributed by atoms with Gasteiger partial charge in [-0.15, -0.1) is 0 Å². The van der Waals surface area contributed by atoms with Crippen LogP contribution in [0.3, 0.4) is 0 Å². The van der Waals surface area contributed by atoms with Crippen molar-refractivity contribution < 1.29 is 18.7 Å². The van der Waals surface area contributed by atoms with Crippen molar-refractivity contribution in [1.29, 1.82) is 0 Å². The number of halogens is 1. The van der Waals surface area contributed by atoms with Gasteiger partial charge in [-0.2, -0.15) is 0 Å². The molecule has 1 aliphatic rings. The molecular formula is C21H22FN3O4. The van der Waals surface area contributed by atoms with Gasteiger partial charge in [-0.3, -0.25) is 14.2 Å². The average molecular weight is 399 g/mol. The summed E-state index contributed by atoms with van der Waals surface area (Å²) in [4.78, 5) is 36.0. The zero-order valence-electron chi connectivity index (χ0n) is 15.9. The molecule has 1 aromatic carbocycles. The number of rotatable bonds is 6. The van der Waals surface area contributed by atoms with E-state index in [-0.39, 0.29) is 29.7 Å². The number of carbonyl (C=O) groups is 2. The Bertz CT molecular complexity index is 986. The summed E-state index contributed by atoms with van der Waals surface area (Å²) in [6, 6.07) is 8.84. The third-order valence-corrected chi connectivity index (χ3v) is 4.68. The lowest BCUT2D eigenvalue weighted by Crippen LogP contribution is -2.28. The van der Waals surface area contributed by atoms with Gasteiger partial charge in [-0.05, 0) is 25.1 Å². The highest BCUT2D eigenvalue weighted by Gasteiger charge is 2.31. The maximum Gasteiger partial charge on any atom is 0.330 e. The number of benzene rings is 1. The van der Waals surface area contributed by atoms with E-state index in [4.69, 9.17) is 4.74 Å². The molecule has 29 heavy (non-hydrogen) atoms. The molecule has 1 fully saturated rings. The predicted molar refractivity (Wildman–Crippen MR) is 106 cm³/mol. The van der Waals surface area contributed by atoms with Crippen LogP contribution in [0.15, 0.2) is 59.5 Å². The van der Waals surface area contributed by atoms with E-state index in [1.807, 2.05) is 0 Å². The van der Waals surface area contributed by atoms with Crippen LogP contribution in [0.1, 0.15) is 6.92 Å². The average Bonchev–Trinajstić information content (AvgIpc) is 3.17. The molecule has 1 saturated heterocycles. The molecule has 3 rings (SSSR count). The fraction of sp³-hybridized carbons (Fsp3) is 0.286. The van der Waals surface area contributed by atoms with Crippen LogP contribution in [0.2, 0.25) is 0 Å². The van der Waals surface area contributed by atoms with Gasteiger partial charge < -0.3 is 15.4 Å². The first kappa shape index (κ1) is 20.5. The fourth-order valence-corrected chi connectivity index (χ4v) is 3.20. The fourth-order valence-electron chi connectivity index (χ4n) is 3.20. The molecule has 1 unspecified atom stereocenters. The highest BCUT2D eigenvalue weighted by atomic mass is 19.1. The quantitative estimate of drug-likeness (QED) is 0.572. The molecule has 7 nitrogen and oxygen atoms in total. The van der Waals surface area contributed by atoms with E-state index >= 15 is 0 Å². The van der Waals surface area contributed by atoms with Crippen LogP contribution in [-0.2, 0) is 14.3 Å². The summed E-state index contributed by atoms with van der Waals surface area (Å²) in [5, 5.41) is 5.70. The molecule has 152 valence electrons. The Balaban J connectivity index is 1.71. The number of nitrogens with one attached hydrogen (secondary N) is 2. The zero-order valence-corrected chi connectivity index (χ0v) is 15.9. The predicted octanol–water partition coefficient (Wildman–Crippen LogP) is 1.87. The Morgan fingerprint density at radius 3 is 2.86 bits per heavy atom. The number of pyridine rings is 1. The summed E-state index contributed by atoms with van der Waals surface area (Å²) < 4.78 is 20.7. The van der Waals surface area contributed by atoms with Gasteiger partial charge in [0.1, 0.15) is 5.82 Å². The second kappa shape index (κ2) is 9.29. The summed E-state index contributed by atoms with van der Waals surface area (Å²) in [6.07, 6.45) is 4.50. The van der Waals surface area contributed by atoms with Crippen LogP contribution in [0, 0.1) is 17.7 Å². The van der Waals surface area contributed by atoms with Crippen molar-refractivity contribution in [3.8, 4) is 5.69 Å². The second-order valence-corrected chi connectivity index (χ2v) is 6.60. The van der Waals surface area contributed by atoms with Crippen molar-refractivity contribution >= 4 is 17.6 Å². The summed E-state index contributed by atoms with van der Waals surface area (Å²) >= 11 is 0. The summed E-state index contributed by atoms with van der Waals surface area (Å²) in [5.74, 6) is -2.11. The molecule has 2 atom stereocenters. The van der Waals surface area contributed by atoms with Crippen LogP contribution in [0.5, 0.6) is 0 Å². The van der Waals surface area contributed by atoms with Crippen LogP contribution in [0.25, 0.3) is 5.69 Å². The smallest absolute Gasteiger partial charge is 0.330 e. The molecule has 1 aliphatic heterocycles. The molecule has 0 bridgehead atoms. The molecule has 2 N–H and O–H groups in total. The lowest BCUT2D eigenvalue weighted by atomic mass is 9.94. The monoisotopic (exact) mass is 399 g/mol. The van der Waals surface area contributed by atoms with Gasteiger partial charge in [0, 0.05) is 43.4 Å². The van der Waals surface area contributed by atoms with Gasteiger partial charge in [0.15, 0.2) is 0 Å². The highest BCUT2D eigenvalue weighted by Crippen LogP contribution is 2.23. The van der Waals surface area contributed by atoms with Gasteiger partial charge in [-0.25, -0.2) is 9.18 Å². The molecule has 8 heteroatoms. The van der Waals surface area contributed by atoms with Crippen molar-refractivity contribution in [1.82, 2.24) is 9.88 Å². The van der Waals surface area contributed by atoms with Crippen molar-refractivity contribution in [3.63, 3.8) is 0 Å². The van der Waals surface area contributed by atoms with Crippen molar-refractivity contribution in [2.75, 3.05) is 25.0 Å². The first-order chi connectivity index (χ1) is 14.0. The highest BCUT2D eigenvalue weighted by molar-refractivity contribution is 5.93. The Hall–Kier alpha value is -3.26. The SMILES string of the molecule is CCOC(=O)/C=C/C1CNC[C@@H]1C(=O)Nc1ccc(-n2ccccc2=O)cc1F. The van der Waals surface area contributed by atoms with Crippen molar-refractivity contribution in [3.05, 3.63) is 70.9 Å². The number of carbonyl (C=O) groups excluding carboxylic acids is 2. The lowest BCUT2D eigenvalue weighted by molar-refractivity contribution is -0.137. The van der Waals surface area contributed by atoms with E-state index in [2.05, 4.69) is 10.6 Å². The maximum atomic E-state index is 14.5.